The van der Waals surface area contributed by atoms with E-state index in [2.05, 4.69) is 15.9 Å². The molecule has 1 aromatic carbocycles. The second-order valence-electron chi connectivity index (χ2n) is 2.49. The van der Waals surface area contributed by atoms with Gasteiger partial charge in [-0.25, -0.2) is 0 Å². The Hall–Kier alpha value is -1.41. The molecule has 0 radical (unpaired) electrons. The van der Waals surface area contributed by atoms with E-state index in [1.807, 2.05) is 6.07 Å². The number of nitro benzene ring substituents is 1. The van der Waals surface area contributed by atoms with Gasteiger partial charge in [0, 0.05) is 6.07 Å². The normalized spacial score (nSPS) is 9.31. The number of hydrogen-bond donors (Lipinski definition) is 0. The molecule has 0 aliphatic rings. The molecule has 0 saturated carbocycles. The zero-order valence-electron chi connectivity index (χ0n) is 6.74. The topological polar surface area (TPSA) is 66.9 Å². The third-order valence-electron chi connectivity index (χ3n) is 1.61. The maximum Gasteiger partial charge on any atom is 0.284 e. The summed E-state index contributed by atoms with van der Waals surface area (Å²) in [5.41, 5.74) is 0.969. The summed E-state index contributed by atoms with van der Waals surface area (Å²) in [5.74, 6) is 0. The summed E-state index contributed by atoms with van der Waals surface area (Å²) in [6, 6.07) is 4.72. The minimum Gasteiger partial charge on any atom is -0.258 e. The highest BCUT2D eigenvalue weighted by molar-refractivity contribution is 9.10. The molecule has 0 fully saturated rings. The van der Waals surface area contributed by atoms with E-state index in [0.29, 0.717) is 10.0 Å². The van der Waals surface area contributed by atoms with E-state index in [-0.39, 0.29) is 5.69 Å². The van der Waals surface area contributed by atoms with Crippen molar-refractivity contribution < 1.29 is 4.92 Å². The van der Waals surface area contributed by atoms with E-state index in [9.17, 15) is 10.1 Å². The van der Waals surface area contributed by atoms with Crippen LogP contribution in [-0.2, 0) is 0 Å². The highest BCUT2D eigenvalue weighted by Crippen LogP contribution is 2.27. The molecule has 0 spiro atoms. The summed E-state index contributed by atoms with van der Waals surface area (Å²) in [4.78, 5) is 9.94. The van der Waals surface area contributed by atoms with Crippen LogP contribution >= 0.6 is 15.9 Å². The summed E-state index contributed by atoms with van der Waals surface area (Å²) in [5, 5.41) is 19.1. The summed E-state index contributed by atoms with van der Waals surface area (Å²) in [6.45, 7) is 1.73. The summed E-state index contributed by atoms with van der Waals surface area (Å²) < 4.78 is 0.397. The highest BCUT2D eigenvalue weighted by atomic mass is 79.9. The fourth-order valence-corrected chi connectivity index (χ4v) is 1.52. The van der Waals surface area contributed by atoms with Crippen molar-refractivity contribution in [2.24, 2.45) is 0 Å². The lowest BCUT2D eigenvalue weighted by molar-refractivity contribution is -0.385. The molecule has 0 aromatic heterocycles. The number of rotatable bonds is 1. The van der Waals surface area contributed by atoms with Gasteiger partial charge < -0.3 is 0 Å². The molecule has 0 heterocycles. The molecule has 0 N–H and O–H groups in total. The van der Waals surface area contributed by atoms with Crippen LogP contribution in [0.2, 0.25) is 0 Å². The third kappa shape index (κ3) is 1.84. The average Bonchev–Trinajstić information content (AvgIpc) is 2.03. The molecule has 4 nitrogen and oxygen atoms in total. The number of nitriles is 1. The summed E-state index contributed by atoms with van der Waals surface area (Å²) >= 11 is 3.06. The fourth-order valence-electron chi connectivity index (χ4n) is 0.922. The predicted octanol–water partition coefficient (Wildman–Crippen LogP) is 2.54. The van der Waals surface area contributed by atoms with Gasteiger partial charge in [0.1, 0.15) is 0 Å². The average molecular weight is 241 g/mol. The number of nitro groups is 1. The van der Waals surface area contributed by atoms with Crippen LogP contribution in [0.1, 0.15) is 11.1 Å². The Kier molecular flexibility index (Phi) is 2.63. The van der Waals surface area contributed by atoms with Crippen LogP contribution in [-0.4, -0.2) is 4.92 Å². The van der Waals surface area contributed by atoms with Crippen molar-refractivity contribution in [1.82, 2.24) is 0 Å². The van der Waals surface area contributed by atoms with Crippen molar-refractivity contribution in [2.75, 3.05) is 0 Å². The standard InChI is InChI=1S/C8H5BrN2O2/c1-5-2-7(9)8(11(12)13)3-6(5)4-10/h2-3H,1H3. The molecule has 0 bridgehead atoms. The molecule has 66 valence electrons. The quantitative estimate of drug-likeness (QED) is 0.560. The van der Waals surface area contributed by atoms with Crippen LogP contribution in [0.3, 0.4) is 0 Å². The van der Waals surface area contributed by atoms with E-state index in [1.54, 1.807) is 13.0 Å². The molecular weight excluding hydrogens is 236 g/mol. The van der Waals surface area contributed by atoms with Gasteiger partial charge in [-0.2, -0.15) is 5.26 Å². The van der Waals surface area contributed by atoms with E-state index >= 15 is 0 Å². The van der Waals surface area contributed by atoms with E-state index in [1.165, 1.54) is 6.07 Å². The Morgan fingerprint density at radius 2 is 2.23 bits per heavy atom. The molecule has 1 aromatic rings. The van der Waals surface area contributed by atoms with Gasteiger partial charge in [0.25, 0.3) is 5.69 Å². The van der Waals surface area contributed by atoms with Gasteiger partial charge in [-0.15, -0.1) is 0 Å². The SMILES string of the molecule is Cc1cc(Br)c([N+](=O)[O-])cc1C#N. The van der Waals surface area contributed by atoms with Crippen molar-refractivity contribution in [1.29, 1.82) is 5.26 Å². The zero-order valence-corrected chi connectivity index (χ0v) is 8.33. The maximum atomic E-state index is 10.5. The predicted molar refractivity (Wildman–Crippen MR) is 50.2 cm³/mol. The lowest BCUT2D eigenvalue weighted by Crippen LogP contribution is -1.92. The van der Waals surface area contributed by atoms with E-state index in [4.69, 9.17) is 5.26 Å². The number of halogens is 1. The van der Waals surface area contributed by atoms with Crippen LogP contribution in [0.15, 0.2) is 16.6 Å². The first-order valence-electron chi connectivity index (χ1n) is 3.41. The monoisotopic (exact) mass is 240 g/mol. The first-order chi connectivity index (χ1) is 6.06. The van der Waals surface area contributed by atoms with Crippen LogP contribution < -0.4 is 0 Å². The number of nitrogens with zero attached hydrogens (tertiary/aromatic N) is 2. The minimum atomic E-state index is -0.523. The van der Waals surface area contributed by atoms with E-state index in [0.717, 1.165) is 5.56 Å². The molecule has 0 amide bonds. The Labute approximate surface area is 83.1 Å². The lowest BCUT2D eigenvalue weighted by Gasteiger charge is -1.99. The van der Waals surface area contributed by atoms with E-state index < -0.39 is 4.92 Å². The Bertz CT molecular complexity index is 409. The largest absolute Gasteiger partial charge is 0.284 e. The lowest BCUT2D eigenvalue weighted by atomic mass is 10.1. The molecule has 5 heteroatoms. The van der Waals surface area contributed by atoms with Gasteiger partial charge in [0.2, 0.25) is 0 Å². The van der Waals surface area contributed by atoms with Gasteiger partial charge in [-0.1, -0.05) is 0 Å². The molecule has 0 atom stereocenters. The summed E-state index contributed by atoms with van der Waals surface area (Å²) in [7, 11) is 0. The maximum absolute atomic E-state index is 10.5. The van der Waals surface area contributed by atoms with Gasteiger partial charge >= 0.3 is 0 Å². The number of hydrogen-bond acceptors (Lipinski definition) is 3. The summed E-state index contributed by atoms with van der Waals surface area (Å²) in [6.07, 6.45) is 0. The first kappa shape index (κ1) is 9.68. The first-order valence-corrected chi connectivity index (χ1v) is 4.20. The number of aryl methyl sites for hydroxylation is 1. The molecule has 0 unspecified atom stereocenters. The molecule has 13 heavy (non-hydrogen) atoms. The zero-order chi connectivity index (χ0) is 10.0. The second kappa shape index (κ2) is 3.54. The van der Waals surface area contributed by atoms with Crippen molar-refractivity contribution in [3.8, 4) is 6.07 Å². The Morgan fingerprint density at radius 1 is 1.62 bits per heavy atom. The molecule has 1 rings (SSSR count). The highest BCUT2D eigenvalue weighted by Gasteiger charge is 2.14. The number of benzene rings is 1. The van der Waals surface area contributed by atoms with Crippen molar-refractivity contribution in [3.05, 3.63) is 37.8 Å². The van der Waals surface area contributed by atoms with Gasteiger partial charge in [-0.05, 0) is 34.5 Å². The van der Waals surface area contributed by atoms with Crippen molar-refractivity contribution >= 4 is 21.6 Å². The van der Waals surface area contributed by atoms with Gasteiger partial charge in [0.05, 0.1) is 21.0 Å². The third-order valence-corrected chi connectivity index (χ3v) is 2.25. The fraction of sp³-hybridized carbons (Fsp3) is 0.125. The van der Waals surface area contributed by atoms with Crippen molar-refractivity contribution in [2.45, 2.75) is 6.92 Å². The second-order valence-corrected chi connectivity index (χ2v) is 3.34. The molecule has 0 aliphatic carbocycles. The van der Waals surface area contributed by atoms with Crippen LogP contribution in [0.5, 0.6) is 0 Å². The van der Waals surface area contributed by atoms with Crippen LogP contribution in [0, 0.1) is 28.4 Å². The Balaban J connectivity index is 3.41. The van der Waals surface area contributed by atoms with Gasteiger partial charge in [0.15, 0.2) is 0 Å². The molecular formula is C8H5BrN2O2. The van der Waals surface area contributed by atoms with Crippen molar-refractivity contribution in [3.63, 3.8) is 0 Å². The van der Waals surface area contributed by atoms with Crippen LogP contribution in [0.25, 0.3) is 0 Å². The smallest absolute Gasteiger partial charge is 0.258 e. The Morgan fingerprint density at radius 3 is 2.69 bits per heavy atom. The molecule has 0 aliphatic heterocycles. The van der Waals surface area contributed by atoms with Gasteiger partial charge in [-0.3, -0.25) is 10.1 Å². The molecule has 0 saturated heterocycles. The van der Waals surface area contributed by atoms with Crippen LogP contribution in [0.4, 0.5) is 5.69 Å². The minimum absolute atomic E-state index is 0.0813.